The number of likely N-dealkylation sites (N-methyl/N-ethyl adjacent to an activating group) is 1. The van der Waals surface area contributed by atoms with Crippen LogP contribution in [0.4, 0.5) is 11.4 Å². The SMILES string of the molecule is CN(C)C(=O)CN1CCC(N(N)c2c(N)cnc3ccc(Cl)nc23)CC1. The number of nitrogen functional groups attached to an aromatic ring is 1. The van der Waals surface area contributed by atoms with E-state index in [1.807, 2.05) is 0 Å². The van der Waals surface area contributed by atoms with Crippen LogP contribution in [0.5, 0.6) is 0 Å². The molecule has 3 rings (SSSR count). The quantitative estimate of drug-likeness (QED) is 0.467. The van der Waals surface area contributed by atoms with E-state index in [1.165, 1.54) is 0 Å². The number of amides is 1. The van der Waals surface area contributed by atoms with E-state index in [0.29, 0.717) is 34.1 Å². The molecule has 2 aromatic heterocycles. The van der Waals surface area contributed by atoms with Gasteiger partial charge in [-0.25, -0.2) is 10.8 Å². The summed E-state index contributed by atoms with van der Waals surface area (Å²) in [5.74, 6) is 6.54. The van der Waals surface area contributed by atoms with Crippen molar-refractivity contribution < 1.29 is 4.79 Å². The highest BCUT2D eigenvalue weighted by Gasteiger charge is 2.27. The van der Waals surface area contributed by atoms with E-state index >= 15 is 0 Å². The van der Waals surface area contributed by atoms with E-state index in [-0.39, 0.29) is 11.9 Å². The molecule has 0 aromatic carbocycles. The number of nitrogens with two attached hydrogens (primary N) is 2. The van der Waals surface area contributed by atoms with Gasteiger partial charge in [-0.15, -0.1) is 0 Å². The highest BCUT2D eigenvalue weighted by Crippen LogP contribution is 2.32. The van der Waals surface area contributed by atoms with Crippen molar-refractivity contribution in [2.75, 3.05) is 44.5 Å². The molecule has 3 heterocycles. The van der Waals surface area contributed by atoms with Crippen molar-refractivity contribution in [3.8, 4) is 0 Å². The minimum absolute atomic E-state index is 0.106. The van der Waals surface area contributed by atoms with Gasteiger partial charge >= 0.3 is 0 Å². The lowest BCUT2D eigenvalue weighted by Crippen LogP contribution is -2.50. The number of hydrazine groups is 1. The average Bonchev–Trinajstić information content (AvgIpc) is 2.61. The molecule has 4 N–H and O–H groups in total. The maximum atomic E-state index is 11.9. The zero-order valence-corrected chi connectivity index (χ0v) is 15.8. The van der Waals surface area contributed by atoms with E-state index in [2.05, 4.69) is 14.9 Å². The maximum absolute atomic E-state index is 11.9. The molecule has 140 valence electrons. The van der Waals surface area contributed by atoms with Crippen LogP contribution >= 0.6 is 11.6 Å². The van der Waals surface area contributed by atoms with Gasteiger partial charge in [-0.2, -0.15) is 0 Å². The van der Waals surface area contributed by atoms with Crippen LogP contribution in [0.2, 0.25) is 5.15 Å². The number of hydrogen-bond acceptors (Lipinski definition) is 7. The lowest BCUT2D eigenvalue weighted by molar-refractivity contribution is -0.130. The Kier molecular flexibility index (Phi) is 5.45. The second kappa shape index (κ2) is 7.61. The molecule has 0 atom stereocenters. The Morgan fingerprint density at radius 1 is 1.35 bits per heavy atom. The Labute approximate surface area is 157 Å². The smallest absolute Gasteiger partial charge is 0.236 e. The first-order chi connectivity index (χ1) is 12.4. The van der Waals surface area contributed by atoms with Gasteiger partial charge in [-0.05, 0) is 25.0 Å². The van der Waals surface area contributed by atoms with E-state index in [1.54, 1.807) is 42.3 Å². The summed E-state index contributed by atoms with van der Waals surface area (Å²) < 4.78 is 0. The minimum atomic E-state index is 0.106. The summed E-state index contributed by atoms with van der Waals surface area (Å²) in [5, 5.41) is 2.06. The lowest BCUT2D eigenvalue weighted by Gasteiger charge is -2.37. The summed E-state index contributed by atoms with van der Waals surface area (Å²) >= 11 is 6.04. The molecule has 8 nitrogen and oxygen atoms in total. The molecular weight excluding hydrogens is 354 g/mol. The van der Waals surface area contributed by atoms with Crippen molar-refractivity contribution in [1.82, 2.24) is 19.8 Å². The topological polar surface area (TPSA) is 105 Å². The third-order valence-corrected chi connectivity index (χ3v) is 4.96. The Hall–Kier alpha value is -2.16. The zero-order chi connectivity index (χ0) is 18.8. The number of hydrogen-bond donors (Lipinski definition) is 2. The van der Waals surface area contributed by atoms with Crippen LogP contribution in [0.25, 0.3) is 11.0 Å². The van der Waals surface area contributed by atoms with Gasteiger partial charge in [0.2, 0.25) is 5.91 Å². The van der Waals surface area contributed by atoms with Crippen molar-refractivity contribution in [2.24, 2.45) is 5.84 Å². The summed E-state index contributed by atoms with van der Waals surface area (Å²) in [7, 11) is 3.54. The molecule has 0 unspecified atom stereocenters. The molecule has 0 bridgehead atoms. The largest absolute Gasteiger partial charge is 0.396 e. The van der Waals surface area contributed by atoms with Gasteiger partial charge < -0.3 is 15.6 Å². The normalized spacial score (nSPS) is 16.0. The van der Waals surface area contributed by atoms with Crippen LogP contribution in [0.1, 0.15) is 12.8 Å². The molecule has 0 spiro atoms. The number of pyridine rings is 2. The molecule has 9 heteroatoms. The molecule has 1 saturated heterocycles. The molecule has 26 heavy (non-hydrogen) atoms. The molecule has 1 fully saturated rings. The van der Waals surface area contributed by atoms with E-state index in [0.717, 1.165) is 25.9 Å². The summed E-state index contributed by atoms with van der Waals surface area (Å²) in [4.78, 5) is 24.3. The summed E-state index contributed by atoms with van der Waals surface area (Å²) in [6.07, 6.45) is 3.26. The highest BCUT2D eigenvalue weighted by molar-refractivity contribution is 6.29. The van der Waals surface area contributed by atoms with Gasteiger partial charge in [-0.3, -0.25) is 14.7 Å². The van der Waals surface area contributed by atoms with Gasteiger partial charge in [0.1, 0.15) is 16.4 Å². The molecule has 1 aliphatic rings. The lowest BCUT2D eigenvalue weighted by atomic mass is 10.0. The van der Waals surface area contributed by atoms with E-state index in [4.69, 9.17) is 23.2 Å². The van der Waals surface area contributed by atoms with Crippen LogP contribution in [-0.4, -0.2) is 65.4 Å². The first-order valence-electron chi connectivity index (χ1n) is 8.54. The Morgan fingerprint density at radius 2 is 2.04 bits per heavy atom. The van der Waals surface area contributed by atoms with Crippen molar-refractivity contribution in [3.05, 3.63) is 23.5 Å². The fourth-order valence-corrected chi connectivity index (χ4v) is 3.33. The van der Waals surface area contributed by atoms with Crippen molar-refractivity contribution in [3.63, 3.8) is 0 Å². The van der Waals surface area contributed by atoms with E-state index in [9.17, 15) is 4.79 Å². The first-order valence-corrected chi connectivity index (χ1v) is 8.91. The monoisotopic (exact) mass is 377 g/mol. The minimum Gasteiger partial charge on any atom is -0.396 e. The van der Waals surface area contributed by atoms with E-state index < -0.39 is 0 Å². The van der Waals surface area contributed by atoms with Gasteiger partial charge in [0, 0.05) is 33.2 Å². The standard InChI is InChI=1S/C17H24ClN7O/c1-23(2)15(26)10-24-7-5-11(6-8-24)25(20)17-12(19)9-21-13-3-4-14(18)22-16(13)17/h3-4,9,11H,5-8,10,19-20H2,1-2H3. The molecule has 0 saturated carbocycles. The number of anilines is 2. The van der Waals surface area contributed by atoms with Crippen LogP contribution < -0.4 is 16.6 Å². The number of piperidine rings is 1. The summed E-state index contributed by atoms with van der Waals surface area (Å²) in [6, 6.07) is 3.60. The molecule has 1 amide bonds. The number of carbonyl (C=O) groups is 1. The third-order valence-electron chi connectivity index (χ3n) is 4.75. The highest BCUT2D eigenvalue weighted by atomic mass is 35.5. The second-order valence-electron chi connectivity index (χ2n) is 6.77. The molecule has 0 radical (unpaired) electrons. The predicted octanol–water partition coefficient (Wildman–Crippen LogP) is 1.10. The first kappa shape index (κ1) is 18.6. The van der Waals surface area contributed by atoms with Gasteiger partial charge in [0.25, 0.3) is 0 Å². The summed E-state index contributed by atoms with van der Waals surface area (Å²) in [6.45, 7) is 2.03. The number of aromatic nitrogens is 2. The number of halogens is 1. The molecule has 2 aromatic rings. The second-order valence-corrected chi connectivity index (χ2v) is 7.15. The van der Waals surface area contributed by atoms with Gasteiger partial charge in [-0.1, -0.05) is 11.6 Å². The van der Waals surface area contributed by atoms with Crippen molar-refractivity contribution in [1.29, 1.82) is 0 Å². The molecule has 0 aliphatic carbocycles. The number of likely N-dealkylation sites (tertiary alicyclic amines) is 1. The molecular formula is C17H24ClN7O. The Balaban J connectivity index is 1.76. The summed E-state index contributed by atoms with van der Waals surface area (Å²) in [5.41, 5.74) is 8.57. The average molecular weight is 378 g/mol. The van der Waals surface area contributed by atoms with Crippen molar-refractivity contribution in [2.45, 2.75) is 18.9 Å². The van der Waals surface area contributed by atoms with Crippen LogP contribution in [0.3, 0.4) is 0 Å². The Bertz CT molecular complexity index is 800. The number of fused-ring (bicyclic) bond motifs is 1. The predicted molar refractivity (Wildman–Crippen MR) is 104 cm³/mol. The molecule has 1 aliphatic heterocycles. The van der Waals surface area contributed by atoms with Crippen LogP contribution in [0.15, 0.2) is 18.3 Å². The fourth-order valence-electron chi connectivity index (χ4n) is 3.19. The Morgan fingerprint density at radius 3 is 2.69 bits per heavy atom. The van der Waals surface area contributed by atoms with Crippen molar-refractivity contribution >= 4 is 39.9 Å². The van der Waals surface area contributed by atoms with Gasteiger partial charge in [0.15, 0.2) is 0 Å². The van der Waals surface area contributed by atoms with Gasteiger partial charge in [0.05, 0.1) is 23.9 Å². The zero-order valence-electron chi connectivity index (χ0n) is 15.0. The van der Waals surface area contributed by atoms with Crippen LogP contribution in [0, 0.1) is 0 Å². The fraction of sp³-hybridized carbons (Fsp3) is 0.471. The third kappa shape index (κ3) is 3.82. The maximum Gasteiger partial charge on any atom is 0.236 e. The number of carbonyl (C=O) groups excluding carboxylic acids is 1. The number of rotatable bonds is 4. The number of nitrogens with zero attached hydrogens (tertiary/aromatic N) is 5. The van der Waals surface area contributed by atoms with Crippen LogP contribution in [-0.2, 0) is 4.79 Å².